The van der Waals surface area contributed by atoms with Crippen LogP contribution in [0, 0.1) is 17.0 Å². The van der Waals surface area contributed by atoms with Gasteiger partial charge in [-0.25, -0.2) is 4.98 Å². The molecule has 0 fully saturated rings. The number of aryl methyl sites for hydroxylation is 2. The van der Waals surface area contributed by atoms with Crippen molar-refractivity contribution in [3.63, 3.8) is 0 Å². The second-order valence-electron chi connectivity index (χ2n) is 6.54. The maximum absolute atomic E-state index is 12.7. The largest absolute Gasteiger partial charge is 0.451 e. The fourth-order valence-corrected chi connectivity index (χ4v) is 3.82. The molecule has 0 aliphatic carbocycles. The van der Waals surface area contributed by atoms with Crippen molar-refractivity contribution in [2.45, 2.75) is 20.3 Å². The first-order valence-electron chi connectivity index (χ1n) is 9.00. The van der Waals surface area contributed by atoms with Crippen LogP contribution < -0.4 is 5.32 Å². The first kappa shape index (κ1) is 18.8. The molecular formula is C21H17N3O4S. The fourth-order valence-electron chi connectivity index (χ4n) is 3.10. The van der Waals surface area contributed by atoms with Gasteiger partial charge in [0, 0.05) is 34.0 Å². The van der Waals surface area contributed by atoms with E-state index in [0.29, 0.717) is 22.0 Å². The standard InChI is InChI=1S/C21H17N3O4S/c1-3-13-7-8-18-16(9-13)12(2)19(28-18)20(25)23-21-22-17(11-29-21)14-5-4-6-15(10-14)24(26)27/h4-11H,3H2,1-2H3,(H,22,23,25). The van der Waals surface area contributed by atoms with E-state index in [4.69, 9.17) is 4.42 Å². The van der Waals surface area contributed by atoms with Crippen molar-refractivity contribution in [3.05, 3.63) is 74.8 Å². The number of nitrogens with one attached hydrogen (secondary N) is 1. The van der Waals surface area contributed by atoms with E-state index in [1.807, 2.05) is 25.1 Å². The van der Waals surface area contributed by atoms with Crippen LogP contribution >= 0.6 is 11.3 Å². The first-order valence-corrected chi connectivity index (χ1v) is 9.88. The van der Waals surface area contributed by atoms with Crippen molar-refractivity contribution in [1.82, 2.24) is 4.98 Å². The molecule has 0 spiro atoms. The van der Waals surface area contributed by atoms with Gasteiger partial charge in [-0.2, -0.15) is 0 Å². The van der Waals surface area contributed by atoms with Gasteiger partial charge >= 0.3 is 0 Å². The molecule has 0 radical (unpaired) electrons. The summed E-state index contributed by atoms with van der Waals surface area (Å²) in [5.74, 6) is -0.128. The number of aromatic nitrogens is 1. The van der Waals surface area contributed by atoms with Crippen molar-refractivity contribution in [2.75, 3.05) is 5.32 Å². The predicted octanol–water partition coefficient (Wildman–Crippen LogP) is 5.59. The molecule has 2 aromatic carbocycles. The Labute approximate surface area is 170 Å². The molecule has 4 rings (SSSR count). The summed E-state index contributed by atoms with van der Waals surface area (Å²) in [5.41, 5.74) is 3.79. The monoisotopic (exact) mass is 407 g/mol. The Morgan fingerprint density at radius 2 is 2.10 bits per heavy atom. The number of rotatable bonds is 5. The topological polar surface area (TPSA) is 98.3 Å². The number of nitrogens with zero attached hydrogens (tertiary/aromatic N) is 2. The van der Waals surface area contributed by atoms with Gasteiger partial charge in [0.05, 0.1) is 10.6 Å². The van der Waals surface area contributed by atoms with E-state index in [1.54, 1.807) is 17.5 Å². The Bertz CT molecular complexity index is 1240. The van der Waals surface area contributed by atoms with Crippen molar-refractivity contribution >= 4 is 39.0 Å². The molecule has 0 aliphatic heterocycles. The third kappa shape index (κ3) is 3.62. The van der Waals surface area contributed by atoms with Crippen molar-refractivity contribution in [3.8, 4) is 11.3 Å². The van der Waals surface area contributed by atoms with Gasteiger partial charge in [0.25, 0.3) is 11.6 Å². The van der Waals surface area contributed by atoms with E-state index in [9.17, 15) is 14.9 Å². The van der Waals surface area contributed by atoms with Crippen LogP contribution in [0.4, 0.5) is 10.8 Å². The number of thiazole rings is 1. The predicted molar refractivity (Wildman–Crippen MR) is 112 cm³/mol. The molecule has 0 unspecified atom stereocenters. The zero-order valence-electron chi connectivity index (χ0n) is 15.8. The van der Waals surface area contributed by atoms with Crippen molar-refractivity contribution < 1.29 is 14.1 Å². The van der Waals surface area contributed by atoms with Crippen LogP contribution in [0.2, 0.25) is 0 Å². The van der Waals surface area contributed by atoms with Gasteiger partial charge in [0.1, 0.15) is 5.58 Å². The number of benzene rings is 2. The quantitative estimate of drug-likeness (QED) is 0.344. The van der Waals surface area contributed by atoms with Gasteiger partial charge in [-0.15, -0.1) is 11.3 Å². The molecule has 29 heavy (non-hydrogen) atoms. The number of amides is 1. The number of carbonyl (C=O) groups excluding carboxylic acids is 1. The second kappa shape index (κ2) is 7.48. The molecule has 2 heterocycles. The summed E-state index contributed by atoms with van der Waals surface area (Å²) in [4.78, 5) is 27.6. The second-order valence-corrected chi connectivity index (χ2v) is 7.40. The number of carbonyl (C=O) groups is 1. The van der Waals surface area contributed by atoms with E-state index in [2.05, 4.69) is 17.2 Å². The van der Waals surface area contributed by atoms with Crippen LogP contribution in [-0.2, 0) is 6.42 Å². The lowest BCUT2D eigenvalue weighted by Gasteiger charge is -2.00. The number of hydrogen-bond acceptors (Lipinski definition) is 6. The molecule has 4 aromatic rings. The molecule has 146 valence electrons. The average Bonchev–Trinajstić information content (AvgIpc) is 3.32. The van der Waals surface area contributed by atoms with Gasteiger partial charge in [-0.1, -0.05) is 25.1 Å². The number of fused-ring (bicyclic) bond motifs is 1. The summed E-state index contributed by atoms with van der Waals surface area (Å²) in [6.45, 7) is 3.93. The highest BCUT2D eigenvalue weighted by molar-refractivity contribution is 7.14. The molecule has 0 aliphatic rings. The summed E-state index contributed by atoms with van der Waals surface area (Å²) in [7, 11) is 0. The van der Waals surface area contributed by atoms with Crippen LogP contribution in [0.5, 0.6) is 0 Å². The van der Waals surface area contributed by atoms with E-state index in [-0.39, 0.29) is 17.4 Å². The molecule has 0 saturated carbocycles. The van der Waals surface area contributed by atoms with E-state index >= 15 is 0 Å². The van der Waals surface area contributed by atoms with E-state index in [0.717, 1.165) is 17.4 Å². The van der Waals surface area contributed by atoms with Crippen LogP contribution in [-0.4, -0.2) is 15.8 Å². The minimum absolute atomic E-state index is 0.00886. The Morgan fingerprint density at radius 1 is 1.28 bits per heavy atom. The van der Waals surface area contributed by atoms with Gasteiger partial charge in [-0.05, 0) is 31.0 Å². The SMILES string of the molecule is CCc1ccc2oc(C(=O)Nc3nc(-c4cccc([N+](=O)[O-])c4)cs3)c(C)c2c1. The summed E-state index contributed by atoms with van der Waals surface area (Å²) < 4.78 is 5.76. The normalized spacial score (nSPS) is 11.0. The van der Waals surface area contributed by atoms with Gasteiger partial charge in [-0.3, -0.25) is 20.2 Å². The summed E-state index contributed by atoms with van der Waals surface area (Å²) in [6.07, 6.45) is 0.904. The Hall–Kier alpha value is -3.52. The minimum atomic E-state index is -0.452. The van der Waals surface area contributed by atoms with Crippen LogP contribution in [0.15, 0.2) is 52.3 Å². The highest BCUT2D eigenvalue weighted by atomic mass is 32.1. The maximum Gasteiger partial charge on any atom is 0.293 e. The highest BCUT2D eigenvalue weighted by Gasteiger charge is 2.19. The zero-order valence-corrected chi connectivity index (χ0v) is 16.6. The van der Waals surface area contributed by atoms with Gasteiger partial charge < -0.3 is 4.42 Å². The number of furan rings is 1. The Morgan fingerprint density at radius 3 is 2.86 bits per heavy atom. The highest BCUT2D eigenvalue weighted by Crippen LogP contribution is 2.30. The number of non-ortho nitro benzene ring substituents is 1. The molecule has 0 saturated heterocycles. The zero-order chi connectivity index (χ0) is 20.5. The van der Waals surface area contributed by atoms with Crippen LogP contribution in [0.25, 0.3) is 22.2 Å². The lowest BCUT2D eigenvalue weighted by atomic mass is 10.1. The van der Waals surface area contributed by atoms with E-state index in [1.165, 1.54) is 29.0 Å². The number of hydrogen-bond donors (Lipinski definition) is 1. The first-order chi connectivity index (χ1) is 14.0. The molecule has 0 atom stereocenters. The molecule has 8 heteroatoms. The summed E-state index contributed by atoms with van der Waals surface area (Å²) in [5, 5.41) is 16.8. The van der Waals surface area contributed by atoms with Crippen molar-refractivity contribution in [2.24, 2.45) is 0 Å². The molecule has 1 N–H and O–H groups in total. The lowest BCUT2D eigenvalue weighted by Crippen LogP contribution is -2.11. The molecule has 0 bridgehead atoms. The Kier molecular flexibility index (Phi) is 4.85. The fraction of sp³-hybridized carbons (Fsp3) is 0.143. The van der Waals surface area contributed by atoms with Crippen LogP contribution in [0.3, 0.4) is 0 Å². The molecule has 1 amide bonds. The summed E-state index contributed by atoms with van der Waals surface area (Å²) >= 11 is 1.25. The smallest absolute Gasteiger partial charge is 0.293 e. The number of nitro groups is 1. The van der Waals surface area contributed by atoms with E-state index < -0.39 is 4.92 Å². The van der Waals surface area contributed by atoms with Gasteiger partial charge in [0.15, 0.2) is 10.9 Å². The number of anilines is 1. The molecule has 7 nitrogen and oxygen atoms in total. The van der Waals surface area contributed by atoms with Crippen LogP contribution in [0.1, 0.15) is 28.6 Å². The van der Waals surface area contributed by atoms with Crippen molar-refractivity contribution in [1.29, 1.82) is 0 Å². The number of nitro benzene ring substituents is 1. The lowest BCUT2D eigenvalue weighted by molar-refractivity contribution is -0.384. The molecule has 2 aromatic heterocycles. The third-order valence-corrected chi connectivity index (χ3v) is 5.45. The maximum atomic E-state index is 12.7. The third-order valence-electron chi connectivity index (χ3n) is 4.69. The Balaban J connectivity index is 1.58. The average molecular weight is 407 g/mol. The van der Waals surface area contributed by atoms with Gasteiger partial charge in [0.2, 0.25) is 0 Å². The summed E-state index contributed by atoms with van der Waals surface area (Å²) in [6, 6.07) is 12.1. The molecular weight excluding hydrogens is 390 g/mol. The minimum Gasteiger partial charge on any atom is -0.451 e.